The van der Waals surface area contributed by atoms with Gasteiger partial charge in [0.1, 0.15) is 0 Å². The highest BCUT2D eigenvalue weighted by molar-refractivity contribution is 6.33. The maximum Gasteiger partial charge on any atom is 0.258 e. The molecule has 2 heterocycles. The number of benzene rings is 1. The predicted molar refractivity (Wildman–Crippen MR) is 71.0 cm³/mol. The Kier molecular flexibility index (Phi) is 2.68. The van der Waals surface area contributed by atoms with E-state index in [0.717, 1.165) is 5.56 Å². The molecule has 1 aromatic heterocycles. The van der Waals surface area contributed by atoms with Crippen molar-refractivity contribution in [2.24, 2.45) is 0 Å². The van der Waals surface area contributed by atoms with Crippen molar-refractivity contribution in [3.05, 3.63) is 65.5 Å². The van der Waals surface area contributed by atoms with Gasteiger partial charge in [-0.3, -0.25) is 19.9 Å². The number of nitrogens with one attached hydrogen (secondary N) is 1. The Morgan fingerprint density at radius 1 is 0.895 bits per heavy atom. The van der Waals surface area contributed by atoms with E-state index in [-0.39, 0.29) is 11.8 Å². The summed E-state index contributed by atoms with van der Waals surface area (Å²) in [4.78, 5) is 27.6. The van der Waals surface area contributed by atoms with Crippen LogP contribution in [0.3, 0.4) is 0 Å². The van der Waals surface area contributed by atoms with Crippen molar-refractivity contribution in [2.75, 3.05) is 0 Å². The van der Waals surface area contributed by atoms with Gasteiger partial charge in [0.05, 0.1) is 0 Å². The molecular formula is C15H10N2O2. The molecule has 1 aliphatic rings. The van der Waals surface area contributed by atoms with Crippen LogP contribution in [0.5, 0.6) is 0 Å². The summed E-state index contributed by atoms with van der Waals surface area (Å²) in [7, 11) is 0. The van der Waals surface area contributed by atoms with Gasteiger partial charge in [0.15, 0.2) is 0 Å². The third-order valence-electron chi connectivity index (χ3n) is 2.95. The van der Waals surface area contributed by atoms with Crippen LogP contribution in [0.25, 0.3) is 11.6 Å². The third kappa shape index (κ3) is 2.04. The number of rotatable bonds is 1. The van der Waals surface area contributed by atoms with Crippen LogP contribution in [0.4, 0.5) is 0 Å². The Hall–Kier alpha value is -2.75. The first-order chi connectivity index (χ1) is 9.25. The Bertz CT molecular complexity index is 690. The summed E-state index contributed by atoms with van der Waals surface area (Å²) in [6, 6.07) is 10.7. The molecule has 0 saturated heterocycles. The zero-order valence-electron chi connectivity index (χ0n) is 9.96. The van der Waals surface area contributed by atoms with Crippen LogP contribution in [0.15, 0.2) is 48.8 Å². The van der Waals surface area contributed by atoms with Gasteiger partial charge in [0.2, 0.25) is 0 Å². The average Bonchev–Trinajstić information content (AvgIpc) is 2.45. The second-order valence-corrected chi connectivity index (χ2v) is 4.17. The van der Waals surface area contributed by atoms with Gasteiger partial charge in [-0.25, -0.2) is 0 Å². The molecular weight excluding hydrogens is 240 g/mol. The van der Waals surface area contributed by atoms with Crippen molar-refractivity contribution >= 4 is 23.5 Å². The van der Waals surface area contributed by atoms with Gasteiger partial charge in [-0.15, -0.1) is 0 Å². The number of fused-ring (bicyclic) bond motifs is 1. The largest absolute Gasteiger partial charge is 0.288 e. The zero-order chi connectivity index (χ0) is 13.2. The number of pyridine rings is 1. The summed E-state index contributed by atoms with van der Waals surface area (Å²) in [6.07, 6.45) is 5.07. The molecule has 1 aliphatic heterocycles. The van der Waals surface area contributed by atoms with Crippen molar-refractivity contribution in [3.8, 4) is 0 Å². The van der Waals surface area contributed by atoms with E-state index in [4.69, 9.17) is 0 Å². The average molecular weight is 250 g/mol. The van der Waals surface area contributed by atoms with Gasteiger partial charge in [0, 0.05) is 23.5 Å². The fourth-order valence-electron chi connectivity index (χ4n) is 2.05. The molecule has 2 amide bonds. The highest BCUT2D eigenvalue weighted by Crippen LogP contribution is 2.25. The van der Waals surface area contributed by atoms with E-state index in [0.29, 0.717) is 16.7 Å². The molecule has 1 aromatic carbocycles. The van der Waals surface area contributed by atoms with E-state index < -0.39 is 0 Å². The quantitative estimate of drug-likeness (QED) is 0.621. The summed E-state index contributed by atoms with van der Waals surface area (Å²) >= 11 is 0. The molecule has 0 radical (unpaired) electrons. The van der Waals surface area contributed by atoms with Gasteiger partial charge >= 0.3 is 0 Å². The molecule has 0 fully saturated rings. The molecule has 4 heteroatoms. The number of amides is 2. The Morgan fingerprint density at radius 2 is 1.58 bits per heavy atom. The highest BCUT2D eigenvalue weighted by atomic mass is 16.2. The number of imide groups is 1. The van der Waals surface area contributed by atoms with Crippen LogP contribution in [0, 0.1) is 0 Å². The standard InChI is InChI=1S/C15H10N2O2/c18-14-12-4-2-1-3-11(12)13(15(19)17-14)9-10-5-7-16-8-6-10/h1-9H,(H,17,18,19)/b13-9-. The summed E-state index contributed by atoms with van der Waals surface area (Å²) in [6.45, 7) is 0. The van der Waals surface area contributed by atoms with E-state index in [1.807, 2.05) is 6.07 Å². The normalized spacial score (nSPS) is 16.1. The smallest absolute Gasteiger partial charge is 0.258 e. The lowest BCUT2D eigenvalue weighted by Gasteiger charge is -2.17. The van der Waals surface area contributed by atoms with Crippen molar-refractivity contribution in [1.82, 2.24) is 10.3 Å². The van der Waals surface area contributed by atoms with E-state index in [1.165, 1.54) is 0 Å². The summed E-state index contributed by atoms with van der Waals surface area (Å²) < 4.78 is 0. The van der Waals surface area contributed by atoms with Crippen molar-refractivity contribution < 1.29 is 9.59 Å². The first-order valence-electron chi connectivity index (χ1n) is 5.82. The SMILES string of the molecule is O=C1NC(=O)c2ccccc2/C1=C/c1ccncc1. The molecule has 4 nitrogen and oxygen atoms in total. The van der Waals surface area contributed by atoms with Gasteiger partial charge in [-0.1, -0.05) is 18.2 Å². The minimum absolute atomic E-state index is 0.354. The molecule has 0 unspecified atom stereocenters. The molecule has 0 atom stereocenters. The van der Waals surface area contributed by atoms with Crippen LogP contribution in [-0.4, -0.2) is 16.8 Å². The molecule has 1 N–H and O–H groups in total. The lowest BCUT2D eigenvalue weighted by atomic mass is 9.93. The number of hydrogen-bond donors (Lipinski definition) is 1. The fourth-order valence-corrected chi connectivity index (χ4v) is 2.05. The zero-order valence-corrected chi connectivity index (χ0v) is 9.96. The Morgan fingerprint density at radius 3 is 2.32 bits per heavy atom. The first kappa shape index (κ1) is 11.3. The maximum absolute atomic E-state index is 12.0. The summed E-state index contributed by atoms with van der Waals surface area (Å²) in [5.41, 5.74) is 2.53. The molecule has 0 saturated carbocycles. The van der Waals surface area contributed by atoms with E-state index in [2.05, 4.69) is 10.3 Å². The molecule has 2 aromatic rings. The van der Waals surface area contributed by atoms with Crippen molar-refractivity contribution in [2.45, 2.75) is 0 Å². The Labute approximate surface area is 109 Å². The minimum atomic E-state index is -0.375. The number of hydrogen-bond acceptors (Lipinski definition) is 3. The lowest BCUT2D eigenvalue weighted by Crippen LogP contribution is -2.36. The van der Waals surface area contributed by atoms with E-state index >= 15 is 0 Å². The van der Waals surface area contributed by atoms with Crippen LogP contribution in [0.2, 0.25) is 0 Å². The van der Waals surface area contributed by atoms with Crippen molar-refractivity contribution in [3.63, 3.8) is 0 Å². The monoisotopic (exact) mass is 250 g/mol. The van der Waals surface area contributed by atoms with Gasteiger partial charge in [0.25, 0.3) is 11.8 Å². The summed E-state index contributed by atoms with van der Waals surface area (Å²) in [5.74, 6) is -0.729. The highest BCUT2D eigenvalue weighted by Gasteiger charge is 2.26. The molecule has 3 rings (SSSR count). The number of aromatic nitrogens is 1. The van der Waals surface area contributed by atoms with E-state index in [9.17, 15) is 9.59 Å². The molecule has 0 aliphatic carbocycles. The number of nitrogens with zero attached hydrogens (tertiary/aromatic N) is 1. The van der Waals surface area contributed by atoms with Gasteiger partial charge < -0.3 is 0 Å². The van der Waals surface area contributed by atoms with E-state index in [1.54, 1.807) is 48.8 Å². The second kappa shape index (κ2) is 4.49. The third-order valence-corrected chi connectivity index (χ3v) is 2.95. The van der Waals surface area contributed by atoms with Crippen LogP contribution in [0.1, 0.15) is 21.5 Å². The second-order valence-electron chi connectivity index (χ2n) is 4.17. The van der Waals surface area contributed by atoms with Crippen LogP contribution >= 0.6 is 0 Å². The van der Waals surface area contributed by atoms with Crippen LogP contribution in [-0.2, 0) is 4.79 Å². The number of carbonyl (C=O) groups excluding carboxylic acids is 2. The fraction of sp³-hybridized carbons (Fsp3) is 0. The molecule has 0 bridgehead atoms. The van der Waals surface area contributed by atoms with Gasteiger partial charge in [-0.05, 0) is 35.4 Å². The predicted octanol–water partition coefficient (Wildman–Crippen LogP) is 1.89. The van der Waals surface area contributed by atoms with Crippen molar-refractivity contribution in [1.29, 1.82) is 0 Å². The molecule has 0 spiro atoms. The maximum atomic E-state index is 12.0. The number of carbonyl (C=O) groups is 2. The Balaban J connectivity index is 2.16. The molecule has 92 valence electrons. The summed E-state index contributed by atoms with van der Waals surface area (Å²) in [5, 5.41) is 2.34. The molecule has 19 heavy (non-hydrogen) atoms. The van der Waals surface area contributed by atoms with Crippen LogP contribution < -0.4 is 5.32 Å². The topological polar surface area (TPSA) is 59.1 Å². The first-order valence-corrected chi connectivity index (χ1v) is 5.82. The van der Waals surface area contributed by atoms with Gasteiger partial charge in [-0.2, -0.15) is 0 Å². The lowest BCUT2D eigenvalue weighted by molar-refractivity contribution is -0.114. The minimum Gasteiger partial charge on any atom is -0.288 e.